The van der Waals surface area contributed by atoms with Crippen LogP contribution in [0.4, 0.5) is 0 Å². The van der Waals surface area contributed by atoms with Gasteiger partial charge in [-0.2, -0.15) is 0 Å². The lowest BCUT2D eigenvalue weighted by Gasteiger charge is -2.05. The van der Waals surface area contributed by atoms with Crippen molar-refractivity contribution in [2.45, 2.75) is 0 Å². The second kappa shape index (κ2) is 4.22. The molecular weight excluding hydrogens is 282 g/mol. The Hall–Kier alpha value is -1.81. The van der Waals surface area contributed by atoms with E-state index in [4.69, 9.17) is 0 Å². The molecule has 4 heteroatoms. The summed E-state index contributed by atoms with van der Waals surface area (Å²) in [7, 11) is 0. The molecule has 3 aromatic rings. The van der Waals surface area contributed by atoms with Crippen LogP contribution in [0.5, 0.6) is 11.5 Å². The summed E-state index contributed by atoms with van der Waals surface area (Å²) in [6.45, 7) is 0. The van der Waals surface area contributed by atoms with E-state index < -0.39 is 0 Å². The molecule has 0 spiro atoms. The Morgan fingerprint density at radius 1 is 0.824 bits per heavy atom. The van der Waals surface area contributed by atoms with Crippen LogP contribution in [0.15, 0.2) is 42.6 Å². The Kier molecular flexibility index (Phi) is 2.90. The van der Waals surface area contributed by atoms with Gasteiger partial charge in [-0.25, -0.2) is 0 Å². The van der Waals surface area contributed by atoms with Gasteiger partial charge in [0.1, 0.15) is 0 Å². The van der Waals surface area contributed by atoms with Gasteiger partial charge in [0.2, 0.25) is 0 Å². The van der Waals surface area contributed by atoms with E-state index in [-0.39, 0.29) is 28.5 Å². The molecule has 0 atom stereocenters. The molecule has 1 aromatic heterocycles. The molecule has 17 heavy (non-hydrogen) atoms. The van der Waals surface area contributed by atoms with Gasteiger partial charge in [0.25, 0.3) is 0 Å². The van der Waals surface area contributed by atoms with E-state index in [1.165, 1.54) is 6.07 Å². The number of phenols is 2. The van der Waals surface area contributed by atoms with Crippen molar-refractivity contribution in [3.63, 3.8) is 0 Å². The number of phenolic OH excluding ortho intramolecular Hbond substituents is 2. The summed E-state index contributed by atoms with van der Waals surface area (Å²) in [6, 6.07) is 10.7. The standard InChI is InChI=1S/C13H9NO2.BrH/c15-12-6-4-8-9-2-1-7-14-11(9)5-3-10(8)13(12)16;/h1-7,15-16H;1H. The van der Waals surface area contributed by atoms with Gasteiger partial charge in [-0.15, -0.1) is 17.0 Å². The van der Waals surface area contributed by atoms with E-state index in [0.717, 1.165) is 16.3 Å². The topological polar surface area (TPSA) is 53.4 Å². The van der Waals surface area contributed by atoms with Crippen LogP contribution in [0.1, 0.15) is 0 Å². The molecule has 1 heterocycles. The van der Waals surface area contributed by atoms with Crippen LogP contribution < -0.4 is 0 Å². The fourth-order valence-electron chi connectivity index (χ4n) is 1.94. The van der Waals surface area contributed by atoms with E-state index in [2.05, 4.69) is 4.98 Å². The van der Waals surface area contributed by atoms with Gasteiger partial charge < -0.3 is 10.2 Å². The van der Waals surface area contributed by atoms with Gasteiger partial charge in [0, 0.05) is 17.0 Å². The molecule has 0 fully saturated rings. The van der Waals surface area contributed by atoms with E-state index in [0.29, 0.717) is 5.39 Å². The summed E-state index contributed by atoms with van der Waals surface area (Å²) >= 11 is 0. The first-order valence-electron chi connectivity index (χ1n) is 4.96. The minimum Gasteiger partial charge on any atom is -0.504 e. The van der Waals surface area contributed by atoms with Crippen LogP contribution in [-0.2, 0) is 0 Å². The number of fused-ring (bicyclic) bond motifs is 3. The monoisotopic (exact) mass is 291 g/mol. The van der Waals surface area contributed by atoms with Gasteiger partial charge in [-0.05, 0) is 35.7 Å². The third-order valence-corrected chi connectivity index (χ3v) is 2.73. The quantitative estimate of drug-likeness (QED) is 0.493. The third-order valence-electron chi connectivity index (χ3n) is 2.73. The minimum atomic E-state index is -0.101. The number of nitrogens with zero attached hydrogens (tertiary/aromatic N) is 1. The van der Waals surface area contributed by atoms with E-state index in [1.807, 2.05) is 18.2 Å². The summed E-state index contributed by atoms with van der Waals surface area (Å²) in [5.74, 6) is -0.181. The summed E-state index contributed by atoms with van der Waals surface area (Å²) < 4.78 is 0. The fraction of sp³-hybridized carbons (Fsp3) is 0. The van der Waals surface area contributed by atoms with Crippen molar-refractivity contribution in [1.82, 2.24) is 4.98 Å². The third kappa shape index (κ3) is 1.70. The Bertz CT molecular complexity index is 697. The average Bonchev–Trinajstić information content (AvgIpc) is 2.33. The molecule has 0 unspecified atom stereocenters. The lowest BCUT2D eigenvalue weighted by molar-refractivity contribution is 0.408. The van der Waals surface area contributed by atoms with Crippen LogP contribution in [0.3, 0.4) is 0 Å². The van der Waals surface area contributed by atoms with Gasteiger partial charge in [-0.1, -0.05) is 6.07 Å². The normalized spacial score (nSPS) is 10.4. The molecule has 0 aliphatic rings. The average molecular weight is 292 g/mol. The van der Waals surface area contributed by atoms with E-state index in [1.54, 1.807) is 18.3 Å². The molecule has 2 aromatic carbocycles. The molecule has 0 bridgehead atoms. The lowest BCUT2D eigenvalue weighted by Crippen LogP contribution is -1.81. The molecule has 86 valence electrons. The van der Waals surface area contributed by atoms with Gasteiger partial charge in [-0.3, -0.25) is 4.98 Å². The van der Waals surface area contributed by atoms with Crippen LogP contribution in [0, 0.1) is 0 Å². The van der Waals surface area contributed by atoms with Crippen molar-refractivity contribution >= 4 is 38.7 Å². The zero-order valence-corrected chi connectivity index (χ0v) is 10.5. The summed E-state index contributed by atoms with van der Waals surface area (Å²) in [5, 5.41) is 21.7. The maximum absolute atomic E-state index is 9.75. The number of hydrogen-bond donors (Lipinski definition) is 2. The van der Waals surface area contributed by atoms with Gasteiger partial charge >= 0.3 is 0 Å². The second-order valence-corrected chi connectivity index (χ2v) is 3.66. The highest BCUT2D eigenvalue weighted by molar-refractivity contribution is 8.93. The Labute approximate surface area is 108 Å². The van der Waals surface area contributed by atoms with Crippen molar-refractivity contribution in [3.05, 3.63) is 42.6 Å². The largest absolute Gasteiger partial charge is 0.504 e. The number of benzene rings is 2. The van der Waals surface area contributed by atoms with Crippen LogP contribution in [-0.4, -0.2) is 15.2 Å². The molecule has 0 radical (unpaired) electrons. The molecule has 0 amide bonds. The SMILES string of the molecule is Br.Oc1ccc2c(ccc3ncccc32)c1O. The summed E-state index contributed by atoms with van der Waals surface area (Å²) in [6.07, 6.45) is 1.73. The predicted octanol–water partition coefficient (Wildman–Crippen LogP) is 3.38. The maximum Gasteiger partial charge on any atom is 0.165 e. The molecule has 2 N–H and O–H groups in total. The number of rotatable bonds is 0. The number of halogens is 1. The summed E-state index contributed by atoms with van der Waals surface area (Å²) in [5.41, 5.74) is 0.875. The molecule has 0 aliphatic heterocycles. The first-order valence-corrected chi connectivity index (χ1v) is 4.96. The first kappa shape index (κ1) is 11.7. The highest BCUT2D eigenvalue weighted by atomic mass is 79.9. The van der Waals surface area contributed by atoms with Gasteiger partial charge in [0.15, 0.2) is 11.5 Å². The van der Waals surface area contributed by atoms with Crippen LogP contribution in [0.25, 0.3) is 21.7 Å². The van der Waals surface area contributed by atoms with Crippen molar-refractivity contribution in [1.29, 1.82) is 0 Å². The number of pyridine rings is 1. The second-order valence-electron chi connectivity index (χ2n) is 3.66. The van der Waals surface area contributed by atoms with Crippen molar-refractivity contribution in [3.8, 4) is 11.5 Å². The van der Waals surface area contributed by atoms with Gasteiger partial charge in [0.05, 0.1) is 5.52 Å². The Morgan fingerprint density at radius 2 is 1.59 bits per heavy atom. The Morgan fingerprint density at radius 3 is 2.41 bits per heavy atom. The zero-order valence-electron chi connectivity index (χ0n) is 8.79. The van der Waals surface area contributed by atoms with Crippen molar-refractivity contribution in [2.24, 2.45) is 0 Å². The van der Waals surface area contributed by atoms with Crippen molar-refractivity contribution in [2.75, 3.05) is 0 Å². The predicted molar refractivity (Wildman–Crippen MR) is 72.9 cm³/mol. The highest BCUT2D eigenvalue weighted by Gasteiger charge is 2.07. The number of aromatic nitrogens is 1. The van der Waals surface area contributed by atoms with Crippen molar-refractivity contribution < 1.29 is 10.2 Å². The zero-order chi connectivity index (χ0) is 11.1. The fourth-order valence-corrected chi connectivity index (χ4v) is 1.94. The first-order chi connectivity index (χ1) is 7.77. The lowest BCUT2D eigenvalue weighted by atomic mass is 10.0. The highest BCUT2D eigenvalue weighted by Crippen LogP contribution is 2.36. The molecule has 0 aliphatic carbocycles. The Balaban J connectivity index is 0.00000108. The molecule has 0 saturated heterocycles. The number of aromatic hydroxyl groups is 2. The van der Waals surface area contributed by atoms with Crippen LogP contribution in [0.2, 0.25) is 0 Å². The number of hydrogen-bond acceptors (Lipinski definition) is 3. The van der Waals surface area contributed by atoms with Crippen LogP contribution >= 0.6 is 17.0 Å². The molecular formula is C13H10BrNO2. The maximum atomic E-state index is 9.75. The molecule has 3 nitrogen and oxygen atoms in total. The summed E-state index contributed by atoms with van der Waals surface area (Å²) in [4.78, 5) is 4.24. The smallest absolute Gasteiger partial charge is 0.165 e. The van der Waals surface area contributed by atoms with E-state index in [9.17, 15) is 10.2 Å². The minimum absolute atomic E-state index is 0. The molecule has 3 rings (SSSR count). The van der Waals surface area contributed by atoms with E-state index >= 15 is 0 Å². The molecule has 0 saturated carbocycles.